The van der Waals surface area contributed by atoms with Gasteiger partial charge in [-0.2, -0.15) is 0 Å². The minimum absolute atomic E-state index is 0.176. The van der Waals surface area contributed by atoms with Gasteiger partial charge in [-0.05, 0) is 49.4 Å². The van der Waals surface area contributed by atoms with Gasteiger partial charge in [0.15, 0.2) is 0 Å². The maximum absolute atomic E-state index is 11.4. The fourth-order valence-electron chi connectivity index (χ4n) is 1.98. The van der Waals surface area contributed by atoms with E-state index in [0.29, 0.717) is 12.2 Å². The number of nitrogens with two attached hydrogens (primary N) is 1. The van der Waals surface area contributed by atoms with E-state index in [1.54, 1.807) is 13.0 Å². The molecule has 18 heavy (non-hydrogen) atoms. The summed E-state index contributed by atoms with van der Waals surface area (Å²) in [5.74, 6) is 1.58. The van der Waals surface area contributed by atoms with Gasteiger partial charge < -0.3 is 4.74 Å². The van der Waals surface area contributed by atoms with Gasteiger partial charge in [0.1, 0.15) is 5.75 Å². The van der Waals surface area contributed by atoms with E-state index in [9.17, 15) is 8.42 Å². The second-order valence-electron chi connectivity index (χ2n) is 4.94. The van der Waals surface area contributed by atoms with Crippen LogP contribution in [0, 0.1) is 19.8 Å². The zero-order chi connectivity index (χ0) is 13.3. The van der Waals surface area contributed by atoms with Crippen LogP contribution in [0.4, 0.5) is 0 Å². The third-order valence-electron chi connectivity index (χ3n) is 3.47. The number of sulfonamides is 1. The molecule has 0 heterocycles. The molecule has 0 bridgehead atoms. The molecule has 4 nitrogen and oxygen atoms in total. The number of rotatable bonds is 5. The summed E-state index contributed by atoms with van der Waals surface area (Å²) >= 11 is 0. The molecule has 5 heteroatoms. The van der Waals surface area contributed by atoms with E-state index in [4.69, 9.17) is 9.88 Å². The highest BCUT2D eigenvalue weighted by Crippen LogP contribution is 2.33. The lowest BCUT2D eigenvalue weighted by molar-refractivity contribution is 0.300. The summed E-state index contributed by atoms with van der Waals surface area (Å²) in [6, 6.07) is 3.21. The van der Waals surface area contributed by atoms with Crippen LogP contribution in [0.3, 0.4) is 0 Å². The van der Waals surface area contributed by atoms with Crippen molar-refractivity contribution >= 4 is 10.0 Å². The summed E-state index contributed by atoms with van der Waals surface area (Å²) in [4.78, 5) is 0.176. The smallest absolute Gasteiger partial charge is 0.238 e. The highest BCUT2D eigenvalue weighted by atomic mass is 32.2. The van der Waals surface area contributed by atoms with Crippen molar-refractivity contribution in [2.75, 3.05) is 6.61 Å². The van der Waals surface area contributed by atoms with Gasteiger partial charge in [0.25, 0.3) is 0 Å². The Balaban J connectivity index is 2.14. The fourth-order valence-corrected chi connectivity index (χ4v) is 2.82. The van der Waals surface area contributed by atoms with E-state index in [-0.39, 0.29) is 4.90 Å². The zero-order valence-corrected chi connectivity index (χ0v) is 11.6. The number of ether oxygens (including phenoxy) is 1. The lowest BCUT2D eigenvalue weighted by Gasteiger charge is -2.13. The molecule has 0 amide bonds. The van der Waals surface area contributed by atoms with E-state index in [0.717, 1.165) is 23.7 Å². The molecular formula is C13H19NO3S. The van der Waals surface area contributed by atoms with E-state index >= 15 is 0 Å². The van der Waals surface area contributed by atoms with Gasteiger partial charge in [-0.15, -0.1) is 0 Å². The number of hydrogen-bond acceptors (Lipinski definition) is 3. The fraction of sp³-hybridized carbons (Fsp3) is 0.538. The topological polar surface area (TPSA) is 69.4 Å². The van der Waals surface area contributed by atoms with E-state index in [2.05, 4.69) is 0 Å². The van der Waals surface area contributed by atoms with Crippen molar-refractivity contribution in [2.45, 2.75) is 38.0 Å². The molecule has 1 aromatic rings. The van der Waals surface area contributed by atoms with E-state index in [1.807, 2.05) is 6.92 Å². The van der Waals surface area contributed by atoms with Crippen molar-refractivity contribution in [2.24, 2.45) is 11.1 Å². The summed E-state index contributed by atoms with van der Waals surface area (Å²) < 4.78 is 28.4. The first-order chi connectivity index (χ1) is 8.39. The molecule has 0 unspecified atom stereocenters. The molecule has 0 radical (unpaired) electrons. The van der Waals surface area contributed by atoms with E-state index in [1.165, 1.54) is 18.9 Å². The Kier molecular flexibility index (Phi) is 3.64. The average molecular weight is 269 g/mol. The van der Waals surface area contributed by atoms with Crippen molar-refractivity contribution in [1.29, 1.82) is 0 Å². The number of primary sulfonamides is 1. The molecule has 1 aliphatic carbocycles. The van der Waals surface area contributed by atoms with Gasteiger partial charge in [-0.25, -0.2) is 13.6 Å². The summed E-state index contributed by atoms with van der Waals surface area (Å²) in [6.45, 7) is 4.30. The molecule has 0 aliphatic heterocycles. The summed E-state index contributed by atoms with van der Waals surface area (Å²) in [5.41, 5.74) is 1.51. The molecule has 0 saturated heterocycles. The molecular weight excluding hydrogens is 250 g/mol. The Hall–Kier alpha value is -1.07. The Labute approximate surface area is 108 Å². The van der Waals surface area contributed by atoms with Crippen LogP contribution in [0.25, 0.3) is 0 Å². The van der Waals surface area contributed by atoms with Crippen LogP contribution < -0.4 is 9.88 Å². The van der Waals surface area contributed by atoms with Crippen LogP contribution in [0.1, 0.15) is 30.4 Å². The van der Waals surface area contributed by atoms with Gasteiger partial charge in [0, 0.05) is 0 Å². The van der Waals surface area contributed by atoms with Crippen LogP contribution in [0.5, 0.6) is 5.75 Å². The first-order valence-electron chi connectivity index (χ1n) is 6.15. The average Bonchev–Trinajstić information content (AvgIpc) is 3.06. The van der Waals surface area contributed by atoms with Crippen molar-refractivity contribution in [1.82, 2.24) is 0 Å². The Morgan fingerprint density at radius 1 is 1.28 bits per heavy atom. The van der Waals surface area contributed by atoms with Crippen molar-refractivity contribution in [3.63, 3.8) is 0 Å². The maximum atomic E-state index is 11.4. The number of benzene rings is 1. The largest absolute Gasteiger partial charge is 0.493 e. The van der Waals surface area contributed by atoms with Crippen molar-refractivity contribution < 1.29 is 13.2 Å². The first kappa shape index (κ1) is 13.4. The van der Waals surface area contributed by atoms with Crippen molar-refractivity contribution in [3.05, 3.63) is 23.3 Å². The predicted octanol–water partition coefficient (Wildman–Crippen LogP) is 2.13. The summed E-state index contributed by atoms with van der Waals surface area (Å²) in [6.07, 6.45) is 3.70. The minimum Gasteiger partial charge on any atom is -0.493 e. The zero-order valence-electron chi connectivity index (χ0n) is 10.8. The first-order valence-corrected chi connectivity index (χ1v) is 7.70. The standard InChI is InChI=1S/C13H19NO3S/c1-9-10(2)13(18(14,15)16)6-5-12(9)17-8-7-11-3-4-11/h5-6,11H,3-4,7-8H2,1-2H3,(H2,14,15,16). The van der Waals surface area contributed by atoms with Crippen LogP contribution in [0.2, 0.25) is 0 Å². The molecule has 2 rings (SSSR count). The van der Waals surface area contributed by atoms with Gasteiger partial charge in [0.2, 0.25) is 10.0 Å². The van der Waals surface area contributed by atoms with Crippen molar-refractivity contribution in [3.8, 4) is 5.75 Å². The van der Waals surface area contributed by atoms with Gasteiger partial charge >= 0.3 is 0 Å². The Bertz CT molecular complexity index is 548. The highest BCUT2D eigenvalue weighted by Gasteiger charge is 2.21. The van der Waals surface area contributed by atoms with Gasteiger partial charge in [-0.1, -0.05) is 12.8 Å². The molecule has 1 aromatic carbocycles. The second kappa shape index (κ2) is 4.90. The van der Waals surface area contributed by atoms with Gasteiger partial charge in [-0.3, -0.25) is 0 Å². The van der Waals surface area contributed by atoms with E-state index < -0.39 is 10.0 Å². The molecule has 0 aromatic heterocycles. The lowest BCUT2D eigenvalue weighted by Crippen LogP contribution is -2.14. The third kappa shape index (κ3) is 3.03. The van der Waals surface area contributed by atoms with Crippen LogP contribution in [-0.4, -0.2) is 15.0 Å². The van der Waals surface area contributed by atoms with Gasteiger partial charge in [0.05, 0.1) is 11.5 Å². The highest BCUT2D eigenvalue weighted by molar-refractivity contribution is 7.89. The molecule has 1 fully saturated rings. The predicted molar refractivity (Wildman–Crippen MR) is 70.1 cm³/mol. The Morgan fingerprint density at radius 3 is 2.50 bits per heavy atom. The lowest BCUT2D eigenvalue weighted by atomic mass is 10.1. The van der Waals surface area contributed by atoms with Crippen LogP contribution >= 0.6 is 0 Å². The molecule has 1 saturated carbocycles. The maximum Gasteiger partial charge on any atom is 0.238 e. The molecule has 0 spiro atoms. The second-order valence-corrected chi connectivity index (χ2v) is 6.47. The molecule has 1 aliphatic rings. The Morgan fingerprint density at radius 2 is 1.94 bits per heavy atom. The quantitative estimate of drug-likeness (QED) is 0.890. The SMILES string of the molecule is Cc1c(OCCC2CC2)ccc(S(N)(=O)=O)c1C. The number of hydrogen-bond donors (Lipinski definition) is 1. The van der Waals surface area contributed by atoms with Crippen LogP contribution in [0.15, 0.2) is 17.0 Å². The normalized spacial score (nSPS) is 15.7. The monoisotopic (exact) mass is 269 g/mol. The molecule has 0 atom stereocenters. The van der Waals surface area contributed by atoms with Crippen LogP contribution in [-0.2, 0) is 10.0 Å². The summed E-state index contributed by atoms with van der Waals surface area (Å²) in [7, 11) is -3.65. The third-order valence-corrected chi connectivity index (χ3v) is 4.53. The molecule has 100 valence electrons. The summed E-state index contributed by atoms with van der Waals surface area (Å²) in [5, 5.41) is 5.16. The molecule has 2 N–H and O–H groups in total. The minimum atomic E-state index is -3.65.